The summed E-state index contributed by atoms with van der Waals surface area (Å²) >= 11 is 1.37. The summed E-state index contributed by atoms with van der Waals surface area (Å²) in [4.78, 5) is 48.5. The molecule has 1 N–H and O–H groups in total. The van der Waals surface area contributed by atoms with Gasteiger partial charge in [0.1, 0.15) is 17.2 Å². The molecule has 1 fully saturated rings. The van der Waals surface area contributed by atoms with Crippen LogP contribution in [0, 0.1) is 12.7 Å². The zero-order valence-electron chi connectivity index (χ0n) is 25.4. The molecule has 15 heteroatoms. The van der Waals surface area contributed by atoms with E-state index in [1.165, 1.54) is 36.9 Å². The Hall–Kier alpha value is -5.02. The molecule has 5 aromatic rings. The van der Waals surface area contributed by atoms with E-state index in [0.717, 1.165) is 11.1 Å². The maximum absolute atomic E-state index is 15.2. The minimum absolute atomic E-state index is 0.00129. The number of fused-ring (bicyclic) bond motifs is 2. The first-order valence-corrected chi connectivity index (χ1v) is 15.3. The fourth-order valence-electron chi connectivity index (χ4n) is 4.76. The van der Waals surface area contributed by atoms with Crippen molar-refractivity contribution in [1.82, 2.24) is 29.8 Å². The van der Waals surface area contributed by atoms with Crippen molar-refractivity contribution >= 4 is 50.3 Å². The van der Waals surface area contributed by atoms with Crippen molar-refractivity contribution in [2.24, 2.45) is 0 Å². The Bertz CT molecular complexity index is 1920. The number of methoxy groups -OCH3 is 1. The summed E-state index contributed by atoms with van der Waals surface area (Å²) < 4.78 is 37.7. The number of benzene rings is 2. The molecule has 0 bridgehead atoms. The van der Waals surface area contributed by atoms with Gasteiger partial charge in [-0.25, -0.2) is 34.1 Å². The van der Waals surface area contributed by atoms with Crippen LogP contribution in [0.3, 0.4) is 0 Å². The maximum atomic E-state index is 15.2. The van der Waals surface area contributed by atoms with Gasteiger partial charge in [0.25, 0.3) is 5.91 Å². The number of halogens is 1. The van der Waals surface area contributed by atoms with Gasteiger partial charge in [-0.1, -0.05) is 0 Å². The van der Waals surface area contributed by atoms with Crippen molar-refractivity contribution in [3.05, 3.63) is 60.1 Å². The van der Waals surface area contributed by atoms with Gasteiger partial charge in [0, 0.05) is 30.8 Å². The van der Waals surface area contributed by atoms with Gasteiger partial charge in [0.2, 0.25) is 11.7 Å². The van der Waals surface area contributed by atoms with Crippen LogP contribution in [0.2, 0.25) is 0 Å². The lowest BCUT2D eigenvalue weighted by atomic mass is 10.1. The molecule has 2 atom stereocenters. The highest BCUT2D eigenvalue weighted by Crippen LogP contribution is 2.37. The number of nitrogens with zero attached hydrogens (tertiary/aromatic N) is 6. The molecule has 13 nitrogen and oxygen atoms in total. The quantitative estimate of drug-likeness (QED) is 0.242. The van der Waals surface area contributed by atoms with Crippen molar-refractivity contribution in [1.29, 1.82) is 0 Å². The molecule has 46 heavy (non-hydrogen) atoms. The van der Waals surface area contributed by atoms with Crippen LogP contribution in [0.1, 0.15) is 30.0 Å². The Kier molecular flexibility index (Phi) is 8.85. The van der Waals surface area contributed by atoms with Crippen LogP contribution < -0.4 is 14.8 Å². The monoisotopic (exact) mass is 647 g/mol. The van der Waals surface area contributed by atoms with E-state index in [4.69, 9.17) is 18.9 Å². The number of amides is 2. The van der Waals surface area contributed by atoms with Gasteiger partial charge in [-0.15, -0.1) is 11.3 Å². The summed E-state index contributed by atoms with van der Waals surface area (Å²) in [5, 5.41) is 3.19. The van der Waals surface area contributed by atoms with Crippen LogP contribution in [0.25, 0.3) is 31.8 Å². The lowest BCUT2D eigenvalue weighted by molar-refractivity contribution is 0.0295. The Balaban J connectivity index is 1.10. The molecule has 3 aromatic heterocycles. The highest BCUT2D eigenvalue weighted by molar-refractivity contribution is 7.21. The Labute approximate surface area is 266 Å². The first-order chi connectivity index (χ1) is 22.2. The Morgan fingerprint density at radius 1 is 1.00 bits per heavy atom. The average Bonchev–Trinajstić information content (AvgIpc) is 3.46. The number of morpholine rings is 1. The molecule has 238 valence electrons. The van der Waals surface area contributed by atoms with E-state index >= 15 is 4.39 Å². The number of thiazole rings is 1. The predicted molar refractivity (Wildman–Crippen MR) is 168 cm³/mol. The lowest BCUT2D eigenvalue weighted by Crippen LogP contribution is -2.41. The number of aryl methyl sites for hydroxylation is 1. The minimum Gasteiger partial charge on any atom is -0.484 e. The molecule has 0 radical (unpaired) electrons. The van der Waals surface area contributed by atoms with E-state index in [9.17, 15) is 9.59 Å². The topological polar surface area (TPSA) is 151 Å². The fourth-order valence-corrected chi connectivity index (χ4v) is 5.76. The zero-order valence-corrected chi connectivity index (χ0v) is 26.3. The largest absolute Gasteiger partial charge is 0.484 e. The molecule has 0 saturated carbocycles. The normalized spacial score (nSPS) is 14.6. The van der Waals surface area contributed by atoms with Crippen molar-refractivity contribution in [3.63, 3.8) is 0 Å². The lowest BCUT2D eigenvalue weighted by Gasteiger charge is -2.26. The summed E-state index contributed by atoms with van der Waals surface area (Å²) in [5.41, 5.74) is 3.78. The number of rotatable bonds is 8. The number of hydrogen-bond acceptors (Lipinski definition) is 12. The number of nitrogens with one attached hydrogen (secondary N) is 1. The number of ether oxygens (including phenoxy) is 4. The molecule has 4 heterocycles. The van der Waals surface area contributed by atoms with E-state index in [1.54, 1.807) is 31.0 Å². The van der Waals surface area contributed by atoms with Gasteiger partial charge < -0.3 is 23.8 Å². The first-order valence-electron chi connectivity index (χ1n) is 14.4. The average molecular weight is 648 g/mol. The number of hydrogen-bond donors (Lipinski definition) is 1. The number of anilines is 1. The molecular formula is C31H30FN7O6S. The molecule has 1 aliphatic heterocycles. The molecule has 6 rings (SSSR count). The van der Waals surface area contributed by atoms with Gasteiger partial charge in [-0.2, -0.15) is 0 Å². The molecule has 2 amide bonds. The van der Waals surface area contributed by atoms with Crippen molar-refractivity contribution in [2.45, 2.75) is 33.0 Å². The van der Waals surface area contributed by atoms with Crippen molar-refractivity contribution in [2.75, 3.05) is 38.7 Å². The smallest absolute Gasteiger partial charge is 0.412 e. The van der Waals surface area contributed by atoms with Gasteiger partial charge in [-0.05, 0) is 38.5 Å². The summed E-state index contributed by atoms with van der Waals surface area (Å²) in [5.74, 6) is -0.489. The second kappa shape index (κ2) is 13.1. The van der Waals surface area contributed by atoms with Crippen molar-refractivity contribution < 1.29 is 32.9 Å². The van der Waals surface area contributed by atoms with Gasteiger partial charge in [-0.3, -0.25) is 10.1 Å². The maximum Gasteiger partial charge on any atom is 0.412 e. The van der Waals surface area contributed by atoms with Crippen LogP contribution in [-0.4, -0.2) is 87.4 Å². The fraction of sp³-hybridized carbons (Fsp3) is 0.323. The third-order valence-corrected chi connectivity index (χ3v) is 8.36. The van der Waals surface area contributed by atoms with Crippen LogP contribution in [0.4, 0.5) is 14.9 Å². The SMILES string of the molecule is COc1cnc2c(-c3nc4cc(F)c(O[C@@H](C)[C@@H](C)OC(=O)Nc5cnc(C(=O)N6CCOCC6)nc5)cc4s3)cc(C)cc2n1. The second-order valence-electron chi connectivity index (χ2n) is 10.6. The first kappa shape index (κ1) is 31.0. The number of carbonyl (C=O) groups is 2. The molecule has 1 aliphatic rings. The van der Waals surface area contributed by atoms with Crippen LogP contribution in [0.5, 0.6) is 11.6 Å². The zero-order chi connectivity index (χ0) is 32.4. The highest BCUT2D eigenvalue weighted by atomic mass is 32.1. The molecule has 1 saturated heterocycles. The van der Waals surface area contributed by atoms with E-state index in [-0.39, 0.29) is 23.2 Å². The van der Waals surface area contributed by atoms with Crippen molar-refractivity contribution in [3.8, 4) is 22.2 Å². The van der Waals surface area contributed by atoms with E-state index in [1.807, 2.05) is 19.1 Å². The summed E-state index contributed by atoms with van der Waals surface area (Å²) in [6.45, 7) is 7.10. The van der Waals surface area contributed by atoms with Gasteiger partial charge in [0.15, 0.2) is 11.6 Å². The van der Waals surface area contributed by atoms with Gasteiger partial charge >= 0.3 is 6.09 Å². The summed E-state index contributed by atoms with van der Waals surface area (Å²) in [7, 11) is 1.53. The molecule has 0 unspecified atom stereocenters. The van der Waals surface area contributed by atoms with Gasteiger partial charge in [0.05, 0.1) is 65.9 Å². The minimum atomic E-state index is -0.784. The third-order valence-electron chi connectivity index (χ3n) is 7.31. The Morgan fingerprint density at radius 3 is 2.50 bits per heavy atom. The third kappa shape index (κ3) is 6.65. The number of aromatic nitrogens is 5. The standard InChI is InChI=1S/C31H30FN7O6S/c1-16-9-20(27-23(10-16)37-26(42-4)15-33-27)29-38-22-11-21(32)24(12-25(22)46-29)44-17(2)18(3)45-31(41)36-19-13-34-28(35-14-19)30(40)39-5-7-43-8-6-39/h9-15,17-18H,5-8H2,1-4H3,(H,36,41)/t17-,18+/m0/s1. The number of carbonyl (C=O) groups excluding carboxylic acids is 2. The Morgan fingerprint density at radius 2 is 1.76 bits per heavy atom. The molecule has 2 aromatic carbocycles. The second-order valence-corrected chi connectivity index (χ2v) is 11.7. The molecule has 0 spiro atoms. The highest BCUT2D eigenvalue weighted by Gasteiger charge is 2.23. The van der Waals surface area contributed by atoms with E-state index < -0.39 is 24.1 Å². The van der Waals surface area contributed by atoms with Crippen LogP contribution in [-0.2, 0) is 9.47 Å². The van der Waals surface area contributed by atoms with E-state index in [2.05, 4.69) is 30.2 Å². The summed E-state index contributed by atoms with van der Waals surface area (Å²) in [6.07, 6.45) is 1.94. The predicted octanol–water partition coefficient (Wildman–Crippen LogP) is 5.03. The van der Waals surface area contributed by atoms with Crippen LogP contribution in [0.15, 0.2) is 42.9 Å². The van der Waals surface area contributed by atoms with E-state index in [0.29, 0.717) is 58.4 Å². The molecular weight excluding hydrogens is 617 g/mol. The molecule has 0 aliphatic carbocycles. The van der Waals surface area contributed by atoms with Crippen LogP contribution >= 0.6 is 11.3 Å². The summed E-state index contributed by atoms with van der Waals surface area (Å²) in [6, 6.07) is 6.78.